The number of ether oxygens (including phenoxy) is 3. The van der Waals surface area contributed by atoms with Gasteiger partial charge in [-0.1, -0.05) is 30.3 Å². The summed E-state index contributed by atoms with van der Waals surface area (Å²) >= 11 is 0. The first-order chi connectivity index (χ1) is 10.3. The molecule has 7 heteroatoms. The Labute approximate surface area is 128 Å². The van der Waals surface area contributed by atoms with Crippen molar-refractivity contribution in [1.29, 1.82) is 0 Å². The number of hydrogen-bond acceptors (Lipinski definition) is 5. The van der Waals surface area contributed by atoms with E-state index in [0.29, 0.717) is 0 Å². The van der Waals surface area contributed by atoms with Crippen LogP contribution in [-0.4, -0.2) is 41.7 Å². The Hall–Kier alpha value is -2.12. The van der Waals surface area contributed by atoms with Crippen LogP contribution >= 0.6 is 0 Å². The Balaban J connectivity index is 1.94. The van der Waals surface area contributed by atoms with Crippen molar-refractivity contribution in [3.8, 4) is 0 Å². The van der Waals surface area contributed by atoms with Gasteiger partial charge in [0.15, 0.2) is 11.3 Å². The summed E-state index contributed by atoms with van der Waals surface area (Å²) in [4.78, 5) is 23.3. The third-order valence-electron chi connectivity index (χ3n) is 3.30. The van der Waals surface area contributed by atoms with Gasteiger partial charge in [-0.2, -0.15) is 0 Å². The number of carboxylic acids is 1. The Morgan fingerprint density at radius 3 is 2.36 bits per heavy atom. The van der Waals surface area contributed by atoms with Gasteiger partial charge in [-0.05, 0) is 19.4 Å². The molecule has 0 radical (unpaired) electrons. The maximum absolute atomic E-state index is 11.8. The number of rotatable bonds is 4. The smallest absolute Gasteiger partial charge is 0.408 e. The Morgan fingerprint density at radius 1 is 1.23 bits per heavy atom. The van der Waals surface area contributed by atoms with Crippen molar-refractivity contribution >= 4 is 12.1 Å². The molecule has 1 aromatic rings. The van der Waals surface area contributed by atoms with E-state index in [9.17, 15) is 14.7 Å². The Morgan fingerprint density at radius 2 is 1.82 bits per heavy atom. The van der Waals surface area contributed by atoms with Gasteiger partial charge >= 0.3 is 12.1 Å². The lowest BCUT2D eigenvalue weighted by Crippen LogP contribution is -2.65. The molecule has 1 saturated heterocycles. The van der Waals surface area contributed by atoms with Crippen LogP contribution < -0.4 is 5.32 Å². The summed E-state index contributed by atoms with van der Waals surface area (Å²) in [5, 5.41) is 11.7. The highest BCUT2D eigenvalue weighted by Crippen LogP contribution is 2.24. The minimum absolute atomic E-state index is 0.0512. The van der Waals surface area contributed by atoms with Gasteiger partial charge in [0.05, 0.1) is 13.2 Å². The number of amides is 1. The zero-order valence-corrected chi connectivity index (χ0v) is 12.5. The molecule has 0 bridgehead atoms. The average Bonchev–Trinajstić information content (AvgIpc) is 2.48. The van der Waals surface area contributed by atoms with Crippen molar-refractivity contribution in [2.45, 2.75) is 31.8 Å². The van der Waals surface area contributed by atoms with Gasteiger partial charge < -0.3 is 24.6 Å². The van der Waals surface area contributed by atoms with Crippen LogP contribution in [0.15, 0.2) is 30.3 Å². The molecule has 1 aliphatic heterocycles. The molecule has 0 unspecified atom stereocenters. The predicted molar refractivity (Wildman–Crippen MR) is 76.1 cm³/mol. The lowest BCUT2D eigenvalue weighted by Gasteiger charge is -2.40. The van der Waals surface area contributed by atoms with E-state index in [1.165, 1.54) is 0 Å². The fraction of sp³-hybridized carbons (Fsp3) is 0.467. The second-order valence-electron chi connectivity index (χ2n) is 5.55. The number of alkyl carbamates (subject to hydrolysis) is 1. The van der Waals surface area contributed by atoms with Crippen molar-refractivity contribution < 1.29 is 28.9 Å². The summed E-state index contributed by atoms with van der Waals surface area (Å²) < 4.78 is 15.7. The summed E-state index contributed by atoms with van der Waals surface area (Å²) in [6, 6.07) is 9.09. The molecule has 0 spiro atoms. The first kappa shape index (κ1) is 16.3. The van der Waals surface area contributed by atoms with Gasteiger partial charge in [0.25, 0.3) is 0 Å². The van der Waals surface area contributed by atoms with E-state index >= 15 is 0 Å². The molecule has 0 saturated carbocycles. The highest BCUT2D eigenvalue weighted by molar-refractivity contribution is 5.84. The van der Waals surface area contributed by atoms with Gasteiger partial charge in [0.2, 0.25) is 0 Å². The van der Waals surface area contributed by atoms with E-state index < -0.39 is 23.4 Å². The topological polar surface area (TPSA) is 94.1 Å². The number of benzene rings is 1. The third-order valence-corrected chi connectivity index (χ3v) is 3.30. The maximum Gasteiger partial charge on any atom is 0.408 e. The minimum atomic E-state index is -1.65. The molecule has 2 rings (SSSR count). The number of hydrogen-bond donors (Lipinski definition) is 2. The highest BCUT2D eigenvalue weighted by Gasteiger charge is 2.47. The largest absolute Gasteiger partial charge is 0.479 e. The van der Waals surface area contributed by atoms with Crippen LogP contribution in [0, 0.1) is 0 Å². The van der Waals surface area contributed by atoms with Gasteiger partial charge in [0.1, 0.15) is 6.61 Å². The Kier molecular flexibility index (Phi) is 4.68. The van der Waals surface area contributed by atoms with E-state index in [0.717, 1.165) is 5.56 Å². The number of carboxylic acid groups (broad SMARTS) is 1. The second kappa shape index (κ2) is 6.33. The summed E-state index contributed by atoms with van der Waals surface area (Å²) in [5.41, 5.74) is -0.845. The van der Waals surface area contributed by atoms with E-state index in [-0.39, 0.29) is 19.8 Å². The lowest BCUT2D eigenvalue weighted by molar-refractivity contribution is -0.269. The normalized spacial score (nSPS) is 19.2. The zero-order chi connectivity index (χ0) is 16.2. The fourth-order valence-electron chi connectivity index (χ4n) is 1.88. The number of carbonyl (C=O) groups excluding carboxylic acids is 1. The lowest BCUT2D eigenvalue weighted by atomic mass is 10.0. The molecule has 1 fully saturated rings. The van der Waals surface area contributed by atoms with Crippen LogP contribution in [-0.2, 0) is 25.6 Å². The standard InChI is InChI=1S/C15H19NO6/c1-14(2)21-9-15(10-22-14,12(17)18)16-13(19)20-8-11-6-4-3-5-7-11/h3-7H,8-10H2,1-2H3,(H,16,19)(H,17,18). The van der Waals surface area contributed by atoms with Crippen molar-refractivity contribution in [2.75, 3.05) is 13.2 Å². The van der Waals surface area contributed by atoms with Gasteiger partial charge in [-0.3, -0.25) is 0 Å². The number of carbonyl (C=O) groups is 2. The third kappa shape index (κ3) is 3.96. The van der Waals surface area contributed by atoms with E-state index in [2.05, 4.69) is 5.32 Å². The van der Waals surface area contributed by atoms with E-state index in [1.807, 2.05) is 18.2 Å². The van der Waals surface area contributed by atoms with E-state index in [4.69, 9.17) is 14.2 Å². The molecule has 1 aliphatic rings. The van der Waals surface area contributed by atoms with Crippen molar-refractivity contribution in [2.24, 2.45) is 0 Å². The van der Waals surface area contributed by atoms with Crippen LogP contribution in [0.3, 0.4) is 0 Å². The minimum Gasteiger partial charge on any atom is -0.479 e. The maximum atomic E-state index is 11.8. The van der Waals surface area contributed by atoms with Crippen molar-refractivity contribution in [3.63, 3.8) is 0 Å². The predicted octanol–water partition coefficient (Wildman–Crippen LogP) is 1.52. The second-order valence-corrected chi connectivity index (χ2v) is 5.55. The molecular weight excluding hydrogens is 290 g/mol. The summed E-state index contributed by atoms with van der Waals surface area (Å²) in [6.45, 7) is 3.00. The molecule has 0 atom stereocenters. The molecule has 0 aromatic heterocycles. The van der Waals surface area contributed by atoms with Crippen molar-refractivity contribution in [3.05, 3.63) is 35.9 Å². The SMILES string of the molecule is CC1(C)OCC(NC(=O)OCc2ccccc2)(C(=O)O)CO1. The zero-order valence-electron chi connectivity index (χ0n) is 12.5. The molecular formula is C15H19NO6. The molecule has 120 valence electrons. The molecule has 2 N–H and O–H groups in total. The first-order valence-electron chi connectivity index (χ1n) is 6.83. The summed E-state index contributed by atoms with van der Waals surface area (Å²) in [6.07, 6.45) is -0.835. The highest BCUT2D eigenvalue weighted by atomic mass is 16.7. The van der Waals surface area contributed by atoms with Gasteiger partial charge in [-0.25, -0.2) is 9.59 Å². The van der Waals surface area contributed by atoms with Crippen LogP contribution in [0.5, 0.6) is 0 Å². The quantitative estimate of drug-likeness (QED) is 0.875. The first-order valence-corrected chi connectivity index (χ1v) is 6.83. The average molecular weight is 309 g/mol. The van der Waals surface area contributed by atoms with Crippen molar-refractivity contribution in [1.82, 2.24) is 5.32 Å². The van der Waals surface area contributed by atoms with Crippen LogP contribution in [0.25, 0.3) is 0 Å². The molecule has 1 heterocycles. The molecule has 22 heavy (non-hydrogen) atoms. The van der Waals surface area contributed by atoms with E-state index in [1.54, 1.807) is 26.0 Å². The molecule has 0 aliphatic carbocycles. The number of aliphatic carboxylic acids is 1. The molecule has 1 aromatic carbocycles. The fourth-order valence-corrected chi connectivity index (χ4v) is 1.88. The van der Waals surface area contributed by atoms with Crippen LogP contribution in [0.1, 0.15) is 19.4 Å². The summed E-state index contributed by atoms with van der Waals surface area (Å²) in [5.74, 6) is -2.12. The molecule has 1 amide bonds. The Bertz CT molecular complexity index is 532. The summed E-state index contributed by atoms with van der Waals surface area (Å²) in [7, 11) is 0. The number of nitrogens with one attached hydrogen (secondary N) is 1. The monoisotopic (exact) mass is 309 g/mol. The van der Waals surface area contributed by atoms with Gasteiger partial charge in [-0.15, -0.1) is 0 Å². The molecule has 7 nitrogen and oxygen atoms in total. The van der Waals surface area contributed by atoms with Crippen LogP contribution in [0.2, 0.25) is 0 Å². The van der Waals surface area contributed by atoms with Crippen LogP contribution in [0.4, 0.5) is 4.79 Å². The van der Waals surface area contributed by atoms with Gasteiger partial charge in [0, 0.05) is 0 Å².